The van der Waals surface area contributed by atoms with Crippen LogP contribution in [0.5, 0.6) is 0 Å². The summed E-state index contributed by atoms with van der Waals surface area (Å²) in [6.45, 7) is 0. The second-order valence-electron chi connectivity index (χ2n) is 4.42. The number of hydrogen-bond acceptors (Lipinski definition) is 4. The van der Waals surface area contributed by atoms with Crippen molar-refractivity contribution in [3.05, 3.63) is 77.0 Å². The van der Waals surface area contributed by atoms with Crippen molar-refractivity contribution in [3.63, 3.8) is 0 Å². The third-order valence-electron chi connectivity index (χ3n) is 2.88. The average molecular weight is 295 g/mol. The van der Waals surface area contributed by atoms with Crippen LogP contribution in [0.4, 0.5) is 0 Å². The summed E-state index contributed by atoms with van der Waals surface area (Å²) >= 11 is 1.66. The maximum absolute atomic E-state index is 11.8. The van der Waals surface area contributed by atoms with Gasteiger partial charge < -0.3 is 4.98 Å². The highest BCUT2D eigenvalue weighted by Gasteiger charge is 2.04. The Hall–Kier alpha value is -2.40. The molecular weight excluding hydrogens is 282 g/mol. The lowest BCUT2D eigenvalue weighted by molar-refractivity contribution is 1.06. The van der Waals surface area contributed by atoms with Crippen molar-refractivity contribution >= 4 is 11.8 Å². The van der Waals surface area contributed by atoms with Crippen molar-refractivity contribution in [3.8, 4) is 11.4 Å². The van der Waals surface area contributed by atoms with Crippen LogP contribution in [0, 0.1) is 0 Å². The first-order valence-corrected chi connectivity index (χ1v) is 7.48. The van der Waals surface area contributed by atoms with Crippen LogP contribution in [0.15, 0.2) is 70.6 Å². The molecule has 0 saturated carbocycles. The summed E-state index contributed by atoms with van der Waals surface area (Å²) in [5, 5.41) is 0. The van der Waals surface area contributed by atoms with E-state index in [2.05, 4.69) is 15.0 Å². The Bertz CT molecular complexity index is 772. The summed E-state index contributed by atoms with van der Waals surface area (Å²) < 4.78 is 0. The number of rotatable bonds is 4. The molecule has 3 aromatic rings. The van der Waals surface area contributed by atoms with Crippen LogP contribution in [-0.2, 0) is 5.75 Å². The fraction of sp³-hybridized carbons (Fsp3) is 0.0625. The molecule has 1 N–H and O–H groups in total. The Morgan fingerprint density at radius 2 is 1.81 bits per heavy atom. The molecule has 1 aromatic carbocycles. The van der Waals surface area contributed by atoms with E-state index in [1.54, 1.807) is 30.2 Å². The van der Waals surface area contributed by atoms with E-state index in [0.29, 0.717) is 11.6 Å². The zero-order valence-electron chi connectivity index (χ0n) is 11.2. The van der Waals surface area contributed by atoms with Gasteiger partial charge in [-0.15, -0.1) is 11.8 Å². The molecule has 5 heteroatoms. The van der Waals surface area contributed by atoms with Crippen molar-refractivity contribution < 1.29 is 0 Å². The third kappa shape index (κ3) is 3.58. The Morgan fingerprint density at radius 3 is 2.57 bits per heavy atom. The molecule has 0 spiro atoms. The van der Waals surface area contributed by atoms with E-state index in [9.17, 15) is 4.79 Å². The number of H-pyrrole nitrogens is 1. The largest absolute Gasteiger partial charge is 0.307 e. The number of thioether (sulfide) groups is 1. The smallest absolute Gasteiger partial charge is 0.251 e. The van der Waals surface area contributed by atoms with Gasteiger partial charge in [0.05, 0.1) is 5.69 Å². The minimum atomic E-state index is -0.138. The molecule has 0 atom stereocenters. The first-order chi connectivity index (χ1) is 10.3. The highest BCUT2D eigenvalue weighted by molar-refractivity contribution is 7.98. The summed E-state index contributed by atoms with van der Waals surface area (Å²) in [7, 11) is 0. The number of nitrogens with zero attached hydrogens (tertiary/aromatic N) is 2. The zero-order valence-corrected chi connectivity index (χ0v) is 12.0. The summed E-state index contributed by atoms with van der Waals surface area (Å²) in [5.74, 6) is 1.24. The van der Waals surface area contributed by atoms with E-state index in [1.165, 1.54) is 0 Å². The van der Waals surface area contributed by atoms with Gasteiger partial charge in [0.15, 0.2) is 0 Å². The van der Waals surface area contributed by atoms with Crippen molar-refractivity contribution in [1.29, 1.82) is 0 Å². The fourth-order valence-corrected chi connectivity index (χ4v) is 2.71. The quantitative estimate of drug-likeness (QED) is 0.751. The van der Waals surface area contributed by atoms with Crippen LogP contribution in [0.3, 0.4) is 0 Å². The molecule has 0 aliphatic carbocycles. The molecule has 2 aromatic heterocycles. The number of nitrogens with one attached hydrogen (secondary N) is 1. The highest BCUT2D eigenvalue weighted by atomic mass is 32.2. The maximum atomic E-state index is 11.8. The molecule has 0 aliphatic rings. The van der Waals surface area contributed by atoms with E-state index in [4.69, 9.17) is 0 Å². The van der Waals surface area contributed by atoms with Gasteiger partial charge in [-0.2, -0.15) is 0 Å². The number of aromatic nitrogens is 3. The highest BCUT2D eigenvalue weighted by Crippen LogP contribution is 2.21. The van der Waals surface area contributed by atoms with Gasteiger partial charge in [0.25, 0.3) is 5.56 Å². The standard InChI is InChI=1S/C16H13N3OS/c20-15-10-13(11-21-14-4-2-1-3-5-14)18-16(19-15)12-6-8-17-9-7-12/h1-10H,11H2,(H,18,19,20). The third-order valence-corrected chi connectivity index (χ3v) is 3.92. The number of pyridine rings is 1. The molecule has 0 fully saturated rings. The van der Waals surface area contributed by atoms with Crippen LogP contribution in [0.2, 0.25) is 0 Å². The molecule has 0 unspecified atom stereocenters. The van der Waals surface area contributed by atoms with Gasteiger partial charge in [0.2, 0.25) is 0 Å². The monoisotopic (exact) mass is 295 g/mol. The van der Waals surface area contributed by atoms with Crippen LogP contribution in [0.25, 0.3) is 11.4 Å². The molecule has 0 bridgehead atoms. The van der Waals surface area contributed by atoms with Gasteiger partial charge in [0.1, 0.15) is 5.82 Å². The van der Waals surface area contributed by atoms with Gasteiger partial charge >= 0.3 is 0 Å². The van der Waals surface area contributed by atoms with E-state index >= 15 is 0 Å². The average Bonchev–Trinajstić information content (AvgIpc) is 2.54. The van der Waals surface area contributed by atoms with Gasteiger partial charge in [-0.1, -0.05) is 18.2 Å². The van der Waals surface area contributed by atoms with Crippen LogP contribution >= 0.6 is 11.8 Å². The minimum Gasteiger partial charge on any atom is -0.307 e. The van der Waals surface area contributed by atoms with E-state index in [0.717, 1.165) is 16.2 Å². The van der Waals surface area contributed by atoms with Crippen molar-refractivity contribution in [2.24, 2.45) is 0 Å². The normalized spacial score (nSPS) is 10.5. The topological polar surface area (TPSA) is 58.6 Å². The first kappa shape index (κ1) is 13.6. The summed E-state index contributed by atoms with van der Waals surface area (Å²) in [6.07, 6.45) is 3.36. The van der Waals surface area contributed by atoms with E-state index < -0.39 is 0 Å². The second-order valence-corrected chi connectivity index (χ2v) is 5.47. The number of hydrogen-bond donors (Lipinski definition) is 1. The lowest BCUT2D eigenvalue weighted by Crippen LogP contribution is -2.09. The summed E-state index contributed by atoms with van der Waals surface area (Å²) in [5.41, 5.74) is 1.48. The Morgan fingerprint density at radius 1 is 1.05 bits per heavy atom. The minimum absolute atomic E-state index is 0.138. The Balaban J connectivity index is 1.83. The predicted octanol–water partition coefficient (Wildman–Crippen LogP) is 3.12. The van der Waals surface area contributed by atoms with E-state index in [-0.39, 0.29) is 5.56 Å². The van der Waals surface area contributed by atoms with Crippen LogP contribution in [-0.4, -0.2) is 15.0 Å². The molecule has 0 radical (unpaired) electrons. The van der Waals surface area contributed by atoms with Gasteiger partial charge in [-0.3, -0.25) is 9.78 Å². The predicted molar refractivity (Wildman–Crippen MR) is 84.1 cm³/mol. The Labute approximate surface area is 126 Å². The molecular formula is C16H13N3OS. The summed E-state index contributed by atoms with van der Waals surface area (Å²) in [4.78, 5) is 24.2. The van der Waals surface area contributed by atoms with Crippen LogP contribution in [0.1, 0.15) is 5.69 Å². The number of benzene rings is 1. The molecule has 3 rings (SSSR count). The molecule has 104 valence electrons. The lowest BCUT2D eigenvalue weighted by atomic mass is 10.2. The zero-order chi connectivity index (χ0) is 14.5. The molecule has 0 aliphatic heterocycles. The SMILES string of the molecule is O=c1cc(CSc2ccccc2)nc(-c2ccncc2)[nH]1. The van der Waals surface area contributed by atoms with Gasteiger partial charge in [-0.05, 0) is 24.3 Å². The van der Waals surface area contributed by atoms with Gasteiger partial charge in [0, 0.05) is 34.7 Å². The Kier molecular flexibility index (Phi) is 4.12. The molecule has 2 heterocycles. The summed E-state index contributed by atoms with van der Waals surface area (Å²) in [6, 6.07) is 15.3. The van der Waals surface area contributed by atoms with Crippen molar-refractivity contribution in [2.45, 2.75) is 10.6 Å². The van der Waals surface area contributed by atoms with Gasteiger partial charge in [-0.25, -0.2) is 4.98 Å². The molecule has 21 heavy (non-hydrogen) atoms. The van der Waals surface area contributed by atoms with Crippen molar-refractivity contribution in [2.75, 3.05) is 0 Å². The van der Waals surface area contributed by atoms with Crippen LogP contribution < -0.4 is 5.56 Å². The fourth-order valence-electron chi connectivity index (χ4n) is 1.90. The number of aromatic amines is 1. The van der Waals surface area contributed by atoms with Crippen molar-refractivity contribution in [1.82, 2.24) is 15.0 Å². The molecule has 4 nitrogen and oxygen atoms in total. The first-order valence-electron chi connectivity index (χ1n) is 6.50. The lowest BCUT2D eigenvalue weighted by Gasteiger charge is -2.04. The second kappa shape index (κ2) is 6.37. The van der Waals surface area contributed by atoms with E-state index in [1.807, 2.05) is 42.5 Å². The maximum Gasteiger partial charge on any atom is 0.251 e. The molecule has 0 saturated heterocycles. The molecule has 0 amide bonds.